The highest BCUT2D eigenvalue weighted by Gasteiger charge is 2.22. The normalized spacial score (nSPS) is 13.1. The molecule has 1 atom stereocenters. The maximum absolute atomic E-state index is 12.1. The smallest absolute Gasteiger partial charge is 0.306 e. The molecule has 34 heavy (non-hydrogen) atoms. The summed E-state index contributed by atoms with van der Waals surface area (Å²) in [6.45, 7) is 9.87. The average molecular weight is 487 g/mol. The quantitative estimate of drug-likeness (QED) is 0.317. The Morgan fingerprint density at radius 3 is 2.44 bits per heavy atom. The van der Waals surface area contributed by atoms with Crippen molar-refractivity contribution < 1.29 is 26.5 Å². The van der Waals surface area contributed by atoms with Crippen molar-refractivity contribution in [2.45, 2.75) is 59.8 Å². The van der Waals surface area contributed by atoms with Gasteiger partial charge in [0.1, 0.15) is 29.4 Å². The zero-order valence-electron chi connectivity index (χ0n) is 20.8. The molecule has 0 fully saturated rings. The van der Waals surface area contributed by atoms with E-state index in [1.54, 1.807) is 18.2 Å². The molecule has 0 amide bonds. The van der Waals surface area contributed by atoms with E-state index in [2.05, 4.69) is 13.0 Å². The number of furan rings is 1. The molecule has 0 aliphatic rings. The van der Waals surface area contributed by atoms with Gasteiger partial charge in [-0.25, -0.2) is 0 Å². The maximum atomic E-state index is 12.1. The summed E-state index contributed by atoms with van der Waals surface area (Å²) in [6.07, 6.45) is 3.73. The Bertz CT molecular complexity index is 1260. The highest BCUT2D eigenvalue weighted by atomic mass is 32.2. The predicted octanol–water partition coefficient (Wildman–Crippen LogP) is 6.20. The molecule has 1 unspecified atom stereocenters. The van der Waals surface area contributed by atoms with Crippen molar-refractivity contribution in [3.63, 3.8) is 0 Å². The third-order valence-electron chi connectivity index (χ3n) is 5.87. The first-order valence-corrected chi connectivity index (χ1v) is 13.4. The molecular formula is C27H34O6S. The Hall–Kier alpha value is -2.80. The number of benzene rings is 2. The number of carbonyl (C=O) groups is 1. The summed E-state index contributed by atoms with van der Waals surface area (Å²) in [7, 11) is -3.58. The van der Waals surface area contributed by atoms with Gasteiger partial charge >= 0.3 is 10.1 Å². The van der Waals surface area contributed by atoms with Crippen LogP contribution in [0.4, 0.5) is 0 Å². The van der Waals surface area contributed by atoms with Crippen molar-refractivity contribution in [1.29, 1.82) is 0 Å². The molecule has 0 radical (unpaired) electrons. The van der Waals surface area contributed by atoms with Crippen LogP contribution in [-0.2, 0) is 21.3 Å². The second kappa shape index (κ2) is 10.2. The van der Waals surface area contributed by atoms with E-state index < -0.39 is 15.5 Å². The van der Waals surface area contributed by atoms with E-state index >= 15 is 0 Å². The summed E-state index contributed by atoms with van der Waals surface area (Å²) < 4.78 is 39.6. The van der Waals surface area contributed by atoms with Crippen LogP contribution < -0.4 is 8.92 Å². The van der Waals surface area contributed by atoms with Crippen LogP contribution in [0, 0.1) is 12.3 Å². The maximum Gasteiger partial charge on any atom is 0.306 e. The number of Topliss-reactive ketones (excluding diaryl/α,β-unsaturated/α-hetero) is 1. The molecule has 7 heteroatoms. The lowest BCUT2D eigenvalue weighted by Crippen LogP contribution is -2.26. The Kier molecular flexibility index (Phi) is 7.76. The number of aryl methyl sites for hydroxylation is 2. The number of ketones is 1. The third-order valence-corrected chi connectivity index (χ3v) is 6.36. The Morgan fingerprint density at radius 2 is 1.82 bits per heavy atom. The molecule has 0 aliphatic carbocycles. The molecular weight excluding hydrogens is 452 g/mol. The zero-order chi connectivity index (χ0) is 25.1. The summed E-state index contributed by atoms with van der Waals surface area (Å²) >= 11 is 0. The highest BCUT2D eigenvalue weighted by Crippen LogP contribution is 2.33. The fourth-order valence-electron chi connectivity index (χ4n) is 3.75. The van der Waals surface area contributed by atoms with Crippen molar-refractivity contribution in [1.82, 2.24) is 0 Å². The van der Waals surface area contributed by atoms with E-state index in [9.17, 15) is 13.2 Å². The minimum atomic E-state index is -3.58. The van der Waals surface area contributed by atoms with Gasteiger partial charge in [0.05, 0.1) is 6.26 Å². The van der Waals surface area contributed by atoms with Crippen molar-refractivity contribution in [2.75, 3.05) is 12.9 Å². The SMILES string of the molecule is CCC(CCc1ccc(OCC(=O)C(C)(C)C)c(C)c1)c1cc2cc(OS(C)(=O)=O)ccc2o1. The van der Waals surface area contributed by atoms with Gasteiger partial charge in [0.25, 0.3) is 0 Å². The fraction of sp³-hybridized carbons (Fsp3) is 0.444. The minimum Gasteiger partial charge on any atom is -0.486 e. The second-order valence-electron chi connectivity index (χ2n) is 9.84. The monoisotopic (exact) mass is 486 g/mol. The van der Waals surface area contributed by atoms with Crippen LogP contribution in [0.25, 0.3) is 11.0 Å². The number of carbonyl (C=O) groups excluding carboxylic acids is 1. The van der Waals surface area contributed by atoms with Crippen LogP contribution in [0.2, 0.25) is 0 Å². The second-order valence-corrected chi connectivity index (χ2v) is 11.4. The molecule has 1 heterocycles. The average Bonchev–Trinajstić information content (AvgIpc) is 3.14. The summed E-state index contributed by atoms with van der Waals surface area (Å²) in [5.41, 5.74) is 2.50. The van der Waals surface area contributed by atoms with Gasteiger partial charge in [-0.1, -0.05) is 39.8 Å². The van der Waals surface area contributed by atoms with E-state index in [1.807, 2.05) is 45.9 Å². The largest absolute Gasteiger partial charge is 0.486 e. The molecule has 0 saturated heterocycles. The predicted molar refractivity (Wildman–Crippen MR) is 134 cm³/mol. The van der Waals surface area contributed by atoms with E-state index in [0.717, 1.165) is 48.0 Å². The van der Waals surface area contributed by atoms with E-state index in [4.69, 9.17) is 13.3 Å². The molecule has 3 rings (SSSR count). The van der Waals surface area contributed by atoms with E-state index in [1.165, 1.54) is 5.56 Å². The van der Waals surface area contributed by atoms with Crippen molar-refractivity contribution in [3.8, 4) is 11.5 Å². The first-order valence-electron chi connectivity index (χ1n) is 11.5. The number of hydrogen-bond acceptors (Lipinski definition) is 6. The van der Waals surface area contributed by atoms with Gasteiger partial charge in [0.2, 0.25) is 0 Å². The molecule has 6 nitrogen and oxygen atoms in total. The lowest BCUT2D eigenvalue weighted by Gasteiger charge is -2.18. The van der Waals surface area contributed by atoms with Crippen LogP contribution in [0.5, 0.6) is 11.5 Å². The van der Waals surface area contributed by atoms with Gasteiger partial charge in [0, 0.05) is 16.7 Å². The summed E-state index contributed by atoms with van der Waals surface area (Å²) in [6, 6.07) is 13.1. The summed E-state index contributed by atoms with van der Waals surface area (Å²) in [5.74, 6) is 2.19. The third kappa shape index (κ3) is 6.86. The molecule has 0 saturated carbocycles. The Balaban J connectivity index is 1.66. The van der Waals surface area contributed by atoms with Crippen molar-refractivity contribution in [2.24, 2.45) is 5.41 Å². The number of hydrogen-bond donors (Lipinski definition) is 0. The first kappa shape index (κ1) is 25.8. The number of rotatable bonds is 10. The van der Waals surface area contributed by atoms with Gasteiger partial charge in [-0.05, 0) is 67.6 Å². The highest BCUT2D eigenvalue weighted by molar-refractivity contribution is 7.86. The van der Waals surface area contributed by atoms with E-state index in [0.29, 0.717) is 5.58 Å². The summed E-state index contributed by atoms with van der Waals surface area (Å²) in [5, 5.41) is 0.816. The molecule has 0 N–H and O–H groups in total. The molecule has 2 aromatic carbocycles. The number of ether oxygens (including phenoxy) is 1. The van der Waals surface area contributed by atoms with Crippen LogP contribution in [0.3, 0.4) is 0 Å². The molecule has 0 spiro atoms. The number of fused-ring (bicyclic) bond motifs is 1. The zero-order valence-corrected chi connectivity index (χ0v) is 21.6. The molecule has 184 valence electrons. The first-order chi connectivity index (χ1) is 15.9. The minimum absolute atomic E-state index is 0.0719. The van der Waals surface area contributed by atoms with Crippen LogP contribution in [-0.4, -0.2) is 27.1 Å². The van der Waals surface area contributed by atoms with Crippen LogP contribution in [0.1, 0.15) is 63.3 Å². The molecule has 3 aromatic rings. The van der Waals surface area contributed by atoms with Crippen LogP contribution >= 0.6 is 0 Å². The summed E-state index contributed by atoms with van der Waals surface area (Å²) in [4.78, 5) is 12.1. The Morgan fingerprint density at radius 1 is 1.09 bits per heavy atom. The lowest BCUT2D eigenvalue weighted by atomic mass is 9.91. The van der Waals surface area contributed by atoms with Crippen molar-refractivity contribution in [3.05, 3.63) is 59.4 Å². The topological polar surface area (TPSA) is 82.8 Å². The van der Waals surface area contributed by atoms with Crippen LogP contribution in [0.15, 0.2) is 46.9 Å². The van der Waals surface area contributed by atoms with Gasteiger partial charge in [-0.15, -0.1) is 0 Å². The molecule has 0 aliphatic heterocycles. The van der Waals surface area contributed by atoms with Gasteiger partial charge < -0.3 is 13.3 Å². The Labute approximate surface area is 202 Å². The molecule has 0 bridgehead atoms. The fourth-order valence-corrected chi connectivity index (χ4v) is 4.20. The lowest BCUT2D eigenvalue weighted by molar-refractivity contribution is -0.128. The standard InChI is InChI=1S/C27H34O6S/c1-7-20(25-16-21-15-22(33-34(6,29)30)11-13-24(21)32-25)10-8-19-9-12-23(18(2)14-19)31-17-26(28)27(3,4)5/h9,11-16,20H,7-8,10,17H2,1-6H3. The van der Waals surface area contributed by atoms with Gasteiger partial charge in [-0.3, -0.25) is 4.79 Å². The molecule has 1 aromatic heterocycles. The van der Waals surface area contributed by atoms with Gasteiger partial charge in [-0.2, -0.15) is 8.42 Å². The van der Waals surface area contributed by atoms with Gasteiger partial charge in [0.15, 0.2) is 5.78 Å². The van der Waals surface area contributed by atoms with E-state index in [-0.39, 0.29) is 24.1 Å². The van der Waals surface area contributed by atoms with Crippen molar-refractivity contribution >= 4 is 26.9 Å².